The number of aliphatic hydroxyl groups excluding tert-OH is 1. The number of nitrogens with one attached hydrogen (secondary N) is 1. The second kappa shape index (κ2) is 8.34. The summed E-state index contributed by atoms with van der Waals surface area (Å²) in [4.78, 5) is 12.1. The molecule has 1 atom stereocenters. The predicted octanol–water partition coefficient (Wildman–Crippen LogP) is 1.17. The van der Waals surface area contributed by atoms with Crippen molar-refractivity contribution < 1.29 is 14.3 Å². The van der Waals surface area contributed by atoms with E-state index in [1.165, 1.54) is 23.0 Å². The topological polar surface area (TPSA) is 97.9 Å². The first-order chi connectivity index (χ1) is 12.6. The monoisotopic (exact) mass is 358 g/mol. The second-order valence-electron chi connectivity index (χ2n) is 5.74. The van der Waals surface area contributed by atoms with Gasteiger partial charge in [0.1, 0.15) is 11.9 Å². The molecule has 0 saturated heterocycles. The largest absolute Gasteiger partial charge is 0.386 e. The van der Waals surface area contributed by atoms with Crippen LogP contribution < -0.4 is 5.32 Å². The van der Waals surface area contributed by atoms with Crippen molar-refractivity contribution in [2.75, 3.05) is 6.54 Å². The molecule has 0 saturated carbocycles. The first-order valence-corrected chi connectivity index (χ1v) is 8.22. The molecule has 0 aliphatic rings. The Labute approximate surface area is 149 Å². The zero-order valence-electron chi connectivity index (χ0n) is 14.0. The van der Waals surface area contributed by atoms with Gasteiger partial charge in [0, 0.05) is 31.0 Å². The zero-order chi connectivity index (χ0) is 18.4. The maximum absolute atomic E-state index is 13.7. The Hall–Kier alpha value is -3.07. The summed E-state index contributed by atoms with van der Waals surface area (Å²) in [5.41, 5.74) is 0.317. The van der Waals surface area contributed by atoms with E-state index in [-0.39, 0.29) is 23.7 Å². The van der Waals surface area contributed by atoms with E-state index in [9.17, 15) is 14.3 Å². The molecule has 1 aromatic carbocycles. The van der Waals surface area contributed by atoms with Gasteiger partial charge in [-0.3, -0.25) is 9.48 Å². The number of carbonyl (C=O) groups is 1. The van der Waals surface area contributed by atoms with Gasteiger partial charge in [0.25, 0.3) is 5.91 Å². The van der Waals surface area contributed by atoms with Crippen molar-refractivity contribution in [2.24, 2.45) is 0 Å². The summed E-state index contributed by atoms with van der Waals surface area (Å²) in [6, 6.07) is 7.82. The van der Waals surface area contributed by atoms with Crippen LogP contribution in [0.15, 0.2) is 48.9 Å². The van der Waals surface area contributed by atoms with Crippen molar-refractivity contribution in [1.82, 2.24) is 30.1 Å². The highest BCUT2D eigenvalue weighted by Crippen LogP contribution is 2.18. The molecule has 8 nitrogen and oxygen atoms in total. The molecule has 0 aliphatic carbocycles. The molecule has 3 aromatic rings. The highest BCUT2D eigenvalue weighted by Gasteiger charge is 2.16. The number of halogens is 1. The number of aliphatic hydroxyl groups is 1. The number of carbonyl (C=O) groups excluding carboxylic acids is 1. The van der Waals surface area contributed by atoms with Gasteiger partial charge in [-0.15, -0.1) is 5.10 Å². The molecule has 0 fully saturated rings. The minimum Gasteiger partial charge on any atom is -0.386 e. The van der Waals surface area contributed by atoms with Crippen molar-refractivity contribution >= 4 is 5.91 Å². The third-order valence-corrected chi connectivity index (χ3v) is 3.80. The second-order valence-corrected chi connectivity index (χ2v) is 5.74. The lowest BCUT2D eigenvalue weighted by molar-refractivity contribution is 0.0947. The average molecular weight is 358 g/mol. The molecule has 2 N–H and O–H groups in total. The van der Waals surface area contributed by atoms with E-state index in [0.29, 0.717) is 13.1 Å². The fraction of sp³-hybridized carbons (Fsp3) is 0.294. The molecule has 2 heterocycles. The molecule has 0 bridgehead atoms. The van der Waals surface area contributed by atoms with Crippen LogP contribution in [0, 0.1) is 5.82 Å². The third kappa shape index (κ3) is 4.51. The quantitative estimate of drug-likeness (QED) is 0.589. The van der Waals surface area contributed by atoms with E-state index in [1.54, 1.807) is 23.0 Å². The first-order valence-electron chi connectivity index (χ1n) is 8.22. The Kier molecular flexibility index (Phi) is 5.69. The number of hydrogen-bond acceptors (Lipinski definition) is 5. The SMILES string of the molecule is O=C(NCCCn1cccn1)c1cn(CC(O)c2ccccc2F)nn1. The van der Waals surface area contributed by atoms with Crippen LogP contribution in [0.3, 0.4) is 0 Å². The number of rotatable bonds is 8. The van der Waals surface area contributed by atoms with Gasteiger partial charge in [-0.05, 0) is 18.6 Å². The Morgan fingerprint density at radius 2 is 2.12 bits per heavy atom. The van der Waals surface area contributed by atoms with E-state index < -0.39 is 11.9 Å². The molecule has 2 aromatic heterocycles. The van der Waals surface area contributed by atoms with Crippen LogP contribution in [0.25, 0.3) is 0 Å². The molecule has 3 rings (SSSR count). The maximum Gasteiger partial charge on any atom is 0.273 e. The van der Waals surface area contributed by atoms with Crippen LogP contribution in [0.5, 0.6) is 0 Å². The van der Waals surface area contributed by atoms with Crippen LogP contribution in [0.4, 0.5) is 4.39 Å². The van der Waals surface area contributed by atoms with E-state index in [1.807, 2.05) is 12.3 Å². The molecular formula is C17H19FN6O2. The predicted molar refractivity (Wildman–Crippen MR) is 90.6 cm³/mol. The van der Waals surface area contributed by atoms with Crippen LogP contribution in [0.2, 0.25) is 0 Å². The molecular weight excluding hydrogens is 339 g/mol. The highest BCUT2D eigenvalue weighted by molar-refractivity contribution is 5.91. The number of aromatic nitrogens is 5. The number of nitrogens with zero attached hydrogens (tertiary/aromatic N) is 5. The zero-order valence-corrected chi connectivity index (χ0v) is 14.0. The van der Waals surface area contributed by atoms with Crippen molar-refractivity contribution in [3.63, 3.8) is 0 Å². The minimum absolute atomic E-state index is 0.000508. The number of benzene rings is 1. The van der Waals surface area contributed by atoms with Crippen LogP contribution in [-0.2, 0) is 13.1 Å². The summed E-state index contributed by atoms with van der Waals surface area (Å²) in [6.45, 7) is 1.18. The van der Waals surface area contributed by atoms with Gasteiger partial charge < -0.3 is 10.4 Å². The number of amides is 1. The lowest BCUT2D eigenvalue weighted by Crippen LogP contribution is -2.25. The summed E-state index contributed by atoms with van der Waals surface area (Å²) in [6.07, 6.45) is 4.63. The van der Waals surface area contributed by atoms with Crippen LogP contribution in [0.1, 0.15) is 28.6 Å². The summed E-state index contributed by atoms with van der Waals surface area (Å²) in [5, 5.41) is 24.6. The smallest absolute Gasteiger partial charge is 0.273 e. The van der Waals surface area contributed by atoms with E-state index in [0.717, 1.165) is 6.42 Å². The van der Waals surface area contributed by atoms with Gasteiger partial charge in [-0.1, -0.05) is 23.4 Å². The van der Waals surface area contributed by atoms with Crippen LogP contribution in [-0.4, -0.2) is 42.3 Å². The summed E-state index contributed by atoms with van der Waals surface area (Å²) in [7, 11) is 0. The minimum atomic E-state index is -1.08. The normalized spacial score (nSPS) is 12.1. The Balaban J connectivity index is 1.49. The number of hydrogen-bond donors (Lipinski definition) is 2. The van der Waals surface area contributed by atoms with Crippen molar-refractivity contribution in [3.8, 4) is 0 Å². The maximum atomic E-state index is 13.7. The molecule has 9 heteroatoms. The lowest BCUT2D eigenvalue weighted by atomic mass is 10.1. The fourth-order valence-corrected chi connectivity index (χ4v) is 2.48. The van der Waals surface area contributed by atoms with Gasteiger partial charge in [-0.25, -0.2) is 9.07 Å². The van der Waals surface area contributed by atoms with Gasteiger partial charge in [0.15, 0.2) is 5.69 Å². The van der Waals surface area contributed by atoms with Gasteiger partial charge in [-0.2, -0.15) is 5.10 Å². The summed E-state index contributed by atoms with van der Waals surface area (Å²) >= 11 is 0. The van der Waals surface area contributed by atoms with Gasteiger partial charge in [0.05, 0.1) is 12.7 Å². The molecule has 0 radical (unpaired) electrons. The van der Waals surface area contributed by atoms with E-state index >= 15 is 0 Å². The highest BCUT2D eigenvalue weighted by atomic mass is 19.1. The summed E-state index contributed by atoms with van der Waals surface area (Å²) < 4.78 is 16.8. The molecule has 0 spiro atoms. The molecule has 1 amide bonds. The molecule has 0 aliphatic heterocycles. The van der Waals surface area contributed by atoms with E-state index in [4.69, 9.17) is 0 Å². The average Bonchev–Trinajstić information content (AvgIpc) is 3.31. The lowest BCUT2D eigenvalue weighted by Gasteiger charge is -2.11. The van der Waals surface area contributed by atoms with Crippen molar-refractivity contribution in [2.45, 2.75) is 25.6 Å². The molecule has 26 heavy (non-hydrogen) atoms. The Morgan fingerprint density at radius 1 is 1.27 bits per heavy atom. The number of aryl methyl sites for hydroxylation is 1. The van der Waals surface area contributed by atoms with Crippen molar-refractivity contribution in [3.05, 3.63) is 66.0 Å². The Bertz CT molecular complexity index is 849. The van der Waals surface area contributed by atoms with Gasteiger partial charge >= 0.3 is 0 Å². The van der Waals surface area contributed by atoms with Crippen molar-refractivity contribution in [1.29, 1.82) is 0 Å². The van der Waals surface area contributed by atoms with Gasteiger partial charge in [0.2, 0.25) is 0 Å². The summed E-state index contributed by atoms with van der Waals surface area (Å²) in [5.74, 6) is -0.840. The standard InChI is InChI=1S/C17H19FN6O2/c18-14-6-2-1-5-13(14)16(25)12-24-11-15(21-22-24)17(26)19-7-3-9-23-10-4-8-20-23/h1-2,4-6,8,10-11,16,25H,3,7,9,12H2,(H,19,26). The Morgan fingerprint density at radius 3 is 2.88 bits per heavy atom. The van der Waals surface area contributed by atoms with E-state index in [2.05, 4.69) is 20.7 Å². The first kappa shape index (κ1) is 17.7. The third-order valence-electron chi connectivity index (χ3n) is 3.80. The van der Waals surface area contributed by atoms with Crippen LogP contribution >= 0.6 is 0 Å². The molecule has 1 unspecified atom stereocenters. The fourth-order valence-electron chi connectivity index (χ4n) is 2.48. The molecule has 136 valence electrons.